The third-order valence-corrected chi connectivity index (χ3v) is 1.49. The lowest BCUT2D eigenvalue weighted by atomic mass is 10.4. The number of rotatable bonds is 3. The van der Waals surface area contributed by atoms with Crippen molar-refractivity contribution in [3.05, 3.63) is 10.3 Å². The summed E-state index contributed by atoms with van der Waals surface area (Å²) in [6.45, 7) is 1.22. The number of esters is 2. The minimum atomic E-state index is -1.45. The molecule has 0 aromatic carbocycles. The Morgan fingerprint density at radius 3 is 2.21 bits per heavy atom. The van der Waals surface area contributed by atoms with Crippen LogP contribution in [-0.2, 0) is 19.1 Å². The first-order valence-corrected chi connectivity index (χ1v) is 4.15. The summed E-state index contributed by atoms with van der Waals surface area (Å²) in [5.74, 6) is -3.68. The third kappa shape index (κ3) is 3.93. The van der Waals surface area contributed by atoms with Crippen LogP contribution in [0.3, 0.4) is 0 Å². The average Bonchev–Trinajstić information content (AvgIpc) is 2.14. The summed E-state index contributed by atoms with van der Waals surface area (Å²) in [5.41, 5.74) is 0. The SMILES string of the molecule is COC(=O)C(C)OC(=O)C(F)=C(Cl)Cl. The molecule has 0 spiro atoms. The number of methoxy groups -OCH3 is 1. The van der Waals surface area contributed by atoms with Gasteiger partial charge in [-0.1, -0.05) is 23.2 Å². The highest BCUT2D eigenvalue weighted by atomic mass is 35.5. The van der Waals surface area contributed by atoms with Gasteiger partial charge in [-0.25, -0.2) is 9.59 Å². The molecule has 0 bridgehead atoms. The number of halogens is 3. The van der Waals surface area contributed by atoms with Gasteiger partial charge in [0.15, 0.2) is 6.10 Å². The molecule has 0 amide bonds. The van der Waals surface area contributed by atoms with Crippen molar-refractivity contribution in [3.8, 4) is 0 Å². The first kappa shape index (κ1) is 13.2. The van der Waals surface area contributed by atoms with Crippen LogP contribution < -0.4 is 0 Å². The van der Waals surface area contributed by atoms with E-state index in [0.717, 1.165) is 7.11 Å². The largest absolute Gasteiger partial charge is 0.466 e. The Hall–Kier alpha value is -0.810. The van der Waals surface area contributed by atoms with Crippen LogP contribution >= 0.6 is 23.2 Å². The van der Waals surface area contributed by atoms with E-state index in [0.29, 0.717) is 0 Å². The minimum Gasteiger partial charge on any atom is -0.466 e. The van der Waals surface area contributed by atoms with Gasteiger partial charge in [-0.15, -0.1) is 0 Å². The molecule has 0 radical (unpaired) electrons. The normalized spacial score (nSPS) is 11.5. The second-order valence-electron chi connectivity index (χ2n) is 2.15. The van der Waals surface area contributed by atoms with Crippen LogP contribution in [0, 0.1) is 0 Å². The van der Waals surface area contributed by atoms with Gasteiger partial charge in [0.2, 0.25) is 5.83 Å². The van der Waals surface area contributed by atoms with Crippen LogP contribution in [0.1, 0.15) is 6.92 Å². The van der Waals surface area contributed by atoms with Crippen molar-refractivity contribution in [2.75, 3.05) is 7.11 Å². The van der Waals surface area contributed by atoms with E-state index in [1.165, 1.54) is 6.92 Å². The minimum absolute atomic E-state index is 0.808. The van der Waals surface area contributed by atoms with Crippen molar-refractivity contribution in [1.82, 2.24) is 0 Å². The van der Waals surface area contributed by atoms with E-state index < -0.39 is 28.4 Å². The molecule has 1 unspecified atom stereocenters. The molecule has 0 rings (SSSR count). The van der Waals surface area contributed by atoms with Gasteiger partial charge in [0.25, 0.3) is 0 Å². The van der Waals surface area contributed by atoms with E-state index in [-0.39, 0.29) is 0 Å². The standard InChI is InChI=1S/C7H7Cl2FO4/c1-3(6(11)13-2)14-7(12)4(10)5(8)9/h3H,1-2H3. The van der Waals surface area contributed by atoms with Crippen molar-refractivity contribution < 1.29 is 23.5 Å². The summed E-state index contributed by atoms with van der Waals surface area (Å²) in [6, 6.07) is 0. The van der Waals surface area contributed by atoms with E-state index >= 15 is 0 Å². The molecule has 0 heterocycles. The zero-order valence-electron chi connectivity index (χ0n) is 7.34. The second kappa shape index (κ2) is 5.82. The Morgan fingerprint density at radius 1 is 1.36 bits per heavy atom. The third-order valence-electron chi connectivity index (χ3n) is 1.16. The molecule has 0 aliphatic heterocycles. The Balaban J connectivity index is 4.35. The quantitative estimate of drug-likeness (QED) is 0.561. The summed E-state index contributed by atoms with van der Waals surface area (Å²) in [6.07, 6.45) is -1.22. The van der Waals surface area contributed by atoms with Crippen molar-refractivity contribution in [1.29, 1.82) is 0 Å². The summed E-state index contributed by atoms with van der Waals surface area (Å²) in [4.78, 5) is 21.5. The smallest absolute Gasteiger partial charge is 0.370 e. The van der Waals surface area contributed by atoms with E-state index in [1.807, 2.05) is 0 Å². The van der Waals surface area contributed by atoms with Gasteiger partial charge in [-0.3, -0.25) is 0 Å². The number of carbonyl (C=O) groups excluding carboxylic acids is 2. The molecule has 1 atom stereocenters. The summed E-state index contributed by atoms with van der Waals surface area (Å²) >= 11 is 9.95. The van der Waals surface area contributed by atoms with E-state index in [9.17, 15) is 14.0 Å². The van der Waals surface area contributed by atoms with Crippen molar-refractivity contribution in [2.24, 2.45) is 0 Å². The molecule has 4 nitrogen and oxygen atoms in total. The zero-order valence-corrected chi connectivity index (χ0v) is 8.86. The van der Waals surface area contributed by atoms with E-state index in [4.69, 9.17) is 23.2 Å². The monoisotopic (exact) mass is 244 g/mol. The molecule has 0 aliphatic rings. The maximum Gasteiger partial charge on any atom is 0.370 e. The molecule has 0 aromatic rings. The fraction of sp³-hybridized carbons (Fsp3) is 0.429. The average molecular weight is 245 g/mol. The predicted molar refractivity (Wildman–Crippen MR) is 47.4 cm³/mol. The maximum atomic E-state index is 12.6. The molecule has 80 valence electrons. The Labute approximate surface area is 89.6 Å². The van der Waals surface area contributed by atoms with Crippen LogP contribution in [0.5, 0.6) is 0 Å². The Morgan fingerprint density at radius 2 is 1.86 bits per heavy atom. The highest BCUT2D eigenvalue weighted by Gasteiger charge is 2.22. The van der Waals surface area contributed by atoms with Crippen LogP contribution in [0.2, 0.25) is 0 Å². The molecule has 14 heavy (non-hydrogen) atoms. The highest BCUT2D eigenvalue weighted by molar-refractivity contribution is 6.57. The molecule has 0 aliphatic carbocycles. The topological polar surface area (TPSA) is 52.6 Å². The highest BCUT2D eigenvalue weighted by Crippen LogP contribution is 2.17. The number of ether oxygens (including phenoxy) is 2. The lowest BCUT2D eigenvalue weighted by Crippen LogP contribution is -2.25. The molecule has 0 N–H and O–H groups in total. The Bertz CT molecular complexity index is 273. The van der Waals surface area contributed by atoms with Crippen LogP contribution in [0.4, 0.5) is 4.39 Å². The molecule has 0 fully saturated rings. The molecular weight excluding hydrogens is 238 g/mol. The Kier molecular flexibility index (Phi) is 5.49. The van der Waals surface area contributed by atoms with Gasteiger partial charge in [0.05, 0.1) is 7.11 Å². The van der Waals surface area contributed by atoms with Gasteiger partial charge < -0.3 is 9.47 Å². The van der Waals surface area contributed by atoms with Gasteiger partial charge in [-0.2, -0.15) is 4.39 Å². The molecule has 0 saturated carbocycles. The molecule has 0 aromatic heterocycles. The van der Waals surface area contributed by atoms with Crippen LogP contribution in [0.15, 0.2) is 10.3 Å². The fourth-order valence-corrected chi connectivity index (χ4v) is 0.658. The van der Waals surface area contributed by atoms with Gasteiger partial charge in [0, 0.05) is 0 Å². The number of carbonyl (C=O) groups is 2. The van der Waals surface area contributed by atoms with Gasteiger partial charge >= 0.3 is 11.9 Å². The van der Waals surface area contributed by atoms with Gasteiger partial charge in [-0.05, 0) is 6.92 Å². The summed E-state index contributed by atoms with van der Waals surface area (Å²) < 4.78 is 20.3. The van der Waals surface area contributed by atoms with Crippen molar-refractivity contribution in [3.63, 3.8) is 0 Å². The zero-order chi connectivity index (χ0) is 11.3. The lowest BCUT2D eigenvalue weighted by Gasteiger charge is -2.09. The molecular formula is C7H7Cl2FO4. The number of hydrogen-bond acceptors (Lipinski definition) is 4. The molecule has 7 heteroatoms. The van der Waals surface area contributed by atoms with Crippen molar-refractivity contribution >= 4 is 35.1 Å². The lowest BCUT2D eigenvalue weighted by molar-refractivity contribution is -0.163. The second-order valence-corrected chi connectivity index (χ2v) is 3.09. The van der Waals surface area contributed by atoms with E-state index in [2.05, 4.69) is 9.47 Å². The summed E-state index contributed by atoms with van der Waals surface area (Å²) in [7, 11) is 1.10. The fourth-order valence-electron chi connectivity index (χ4n) is 0.504. The van der Waals surface area contributed by atoms with Crippen LogP contribution in [-0.4, -0.2) is 25.2 Å². The molecule has 0 saturated heterocycles. The van der Waals surface area contributed by atoms with Crippen molar-refractivity contribution in [2.45, 2.75) is 13.0 Å². The maximum absolute atomic E-state index is 12.6. The first-order valence-electron chi connectivity index (χ1n) is 3.39. The van der Waals surface area contributed by atoms with Gasteiger partial charge in [0.1, 0.15) is 4.49 Å². The van der Waals surface area contributed by atoms with E-state index in [1.54, 1.807) is 0 Å². The first-order chi connectivity index (χ1) is 6.40. The number of hydrogen-bond donors (Lipinski definition) is 0. The summed E-state index contributed by atoms with van der Waals surface area (Å²) in [5, 5.41) is 0. The van der Waals surface area contributed by atoms with Crippen LogP contribution in [0.25, 0.3) is 0 Å². The predicted octanol–water partition coefficient (Wildman–Crippen LogP) is 1.71.